The fourth-order valence-corrected chi connectivity index (χ4v) is 9.82. The van der Waals surface area contributed by atoms with Crippen LogP contribution in [0.5, 0.6) is 0 Å². The van der Waals surface area contributed by atoms with E-state index in [1.807, 2.05) is 0 Å². The quantitative estimate of drug-likeness (QED) is 0.148. The topological polar surface area (TPSA) is 3.24 Å². The number of nitrogens with zero attached hydrogens (tertiary/aromatic N) is 1. The smallest absolute Gasteiger partial charge is 0.0540 e. The Morgan fingerprint density at radius 3 is 1.58 bits per heavy atom. The highest BCUT2D eigenvalue weighted by molar-refractivity contribution is 6.03. The second-order valence-corrected chi connectivity index (χ2v) is 16.9. The third kappa shape index (κ3) is 6.42. The molecular formula is C61H45N. The van der Waals surface area contributed by atoms with E-state index in [1.54, 1.807) is 0 Å². The van der Waals surface area contributed by atoms with Gasteiger partial charge in [0.1, 0.15) is 0 Å². The lowest BCUT2D eigenvalue weighted by atomic mass is 9.82. The molecular weight excluding hydrogens is 747 g/mol. The van der Waals surface area contributed by atoms with Crippen molar-refractivity contribution in [3.63, 3.8) is 0 Å². The fraction of sp³-hybridized carbons (Fsp3) is 0.0492. The van der Waals surface area contributed by atoms with E-state index < -0.39 is 0 Å². The molecule has 1 nitrogen and oxygen atoms in total. The van der Waals surface area contributed by atoms with Crippen molar-refractivity contribution in [2.45, 2.75) is 19.3 Å². The van der Waals surface area contributed by atoms with E-state index in [2.05, 4.69) is 255 Å². The van der Waals surface area contributed by atoms with Crippen molar-refractivity contribution in [2.24, 2.45) is 0 Å². The Bertz CT molecular complexity index is 3250. The molecule has 0 bridgehead atoms. The molecule has 0 saturated heterocycles. The Hall–Kier alpha value is -7.74. The maximum atomic E-state index is 2.47. The SMILES string of the molecule is CC1(C)c2ccccc2-c2ccc(N(c3ccc(-c4ccc5ccccc5c4)cc3)c3ccccc3-c3cccc(-c4ccccc4)c3-c3ccccc3-c3ccccc3)cc21. The summed E-state index contributed by atoms with van der Waals surface area (Å²) in [7, 11) is 0. The maximum absolute atomic E-state index is 2.47. The molecule has 0 N–H and O–H groups in total. The zero-order chi connectivity index (χ0) is 41.6. The van der Waals surface area contributed by atoms with Crippen LogP contribution in [0.2, 0.25) is 0 Å². The summed E-state index contributed by atoms with van der Waals surface area (Å²) in [5.41, 5.74) is 20.5. The van der Waals surface area contributed by atoms with Crippen molar-refractivity contribution in [1.29, 1.82) is 0 Å². The number of rotatable bonds is 8. The monoisotopic (exact) mass is 791 g/mol. The van der Waals surface area contributed by atoms with E-state index in [0.29, 0.717) is 0 Å². The Morgan fingerprint density at radius 2 is 0.823 bits per heavy atom. The highest BCUT2D eigenvalue weighted by atomic mass is 15.1. The molecule has 294 valence electrons. The molecule has 0 heterocycles. The summed E-state index contributed by atoms with van der Waals surface area (Å²) in [6.45, 7) is 4.73. The first-order valence-electron chi connectivity index (χ1n) is 21.6. The third-order valence-electron chi connectivity index (χ3n) is 12.9. The molecule has 10 aromatic carbocycles. The van der Waals surface area contributed by atoms with Gasteiger partial charge in [0.15, 0.2) is 0 Å². The van der Waals surface area contributed by atoms with Crippen LogP contribution in [0.25, 0.3) is 77.5 Å². The van der Waals surface area contributed by atoms with Crippen molar-refractivity contribution in [1.82, 2.24) is 0 Å². The molecule has 11 rings (SSSR count). The van der Waals surface area contributed by atoms with E-state index >= 15 is 0 Å². The Labute approximate surface area is 364 Å². The van der Waals surface area contributed by atoms with Gasteiger partial charge in [-0.05, 0) is 119 Å². The molecule has 1 aliphatic carbocycles. The average Bonchev–Trinajstić information content (AvgIpc) is 3.57. The van der Waals surface area contributed by atoms with E-state index in [-0.39, 0.29) is 5.41 Å². The molecule has 0 atom stereocenters. The highest BCUT2D eigenvalue weighted by Gasteiger charge is 2.36. The van der Waals surface area contributed by atoms with Gasteiger partial charge >= 0.3 is 0 Å². The Morgan fingerprint density at radius 1 is 0.290 bits per heavy atom. The van der Waals surface area contributed by atoms with Gasteiger partial charge in [0.25, 0.3) is 0 Å². The summed E-state index contributed by atoms with van der Waals surface area (Å²) in [6, 6.07) is 86.8. The van der Waals surface area contributed by atoms with Gasteiger partial charge in [0.05, 0.1) is 5.69 Å². The van der Waals surface area contributed by atoms with Gasteiger partial charge in [-0.25, -0.2) is 0 Å². The van der Waals surface area contributed by atoms with Crippen molar-refractivity contribution in [2.75, 3.05) is 4.90 Å². The van der Waals surface area contributed by atoms with Gasteiger partial charge in [0, 0.05) is 22.4 Å². The minimum absolute atomic E-state index is 0.147. The normalized spacial score (nSPS) is 12.5. The lowest BCUT2D eigenvalue weighted by Gasteiger charge is -2.30. The molecule has 0 unspecified atom stereocenters. The van der Waals surface area contributed by atoms with Gasteiger partial charge in [-0.2, -0.15) is 0 Å². The van der Waals surface area contributed by atoms with E-state index in [4.69, 9.17) is 0 Å². The van der Waals surface area contributed by atoms with Crippen LogP contribution in [0.4, 0.5) is 17.1 Å². The minimum atomic E-state index is -0.147. The standard InChI is InChI=1S/C61H45N/c1-61(2)57-30-15-13-25-52(57)53-39-38-49(41-58(53)61)62(48-36-34-43(35-37-48)47-33-32-42-18-9-10-23-46(42)40-47)59-31-16-14-26-54(59)56-29-17-28-51(45-21-7-4-8-22-45)60(56)55-27-12-11-24-50(55)44-19-5-3-6-20-44/h3-41H,1-2H3. The molecule has 0 aliphatic heterocycles. The molecule has 1 heteroatoms. The van der Waals surface area contributed by atoms with Crippen LogP contribution in [0.15, 0.2) is 237 Å². The molecule has 0 saturated carbocycles. The predicted molar refractivity (Wildman–Crippen MR) is 263 cm³/mol. The predicted octanol–water partition coefficient (Wildman–Crippen LogP) is 17.0. The summed E-state index contributed by atoms with van der Waals surface area (Å²) in [4.78, 5) is 2.47. The first kappa shape index (κ1) is 37.3. The van der Waals surface area contributed by atoms with Crippen LogP contribution >= 0.6 is 0 Å². The van der Waals surface area contributed by atoms with Crippen LogP contribution in [0.3, 0.4) is 0 Å². The molecule has 10 aromatic rings. The Balaban J connectivity index is 1.14. The van der Waals surface area contributed by atoms with Gasteiger partial charge in [-0.3, -0.25) is 0 Å². The molecule has 0 aromatic heterocycles. The second-order valence-electron chi connectivity index (χ2n) is 16.9. The number of para-hydroxylation sites is 1. The number of hydrogen-bond acceptors (Lipinski definition) is 1. The van der Waals surface area contributed by atoms with E-state index in [9.17, 15) is 0 Å². The van der Waals surface area contributed by atoms with Crippen LogP contribution in [-0.4, -0.2) is 0 Å². The minimum Gasteiger partial charge on any atom is -0.310 e. The molecule has 0 radical (unpaired) electrons. The van der Waals surface area contributed by atoms with Crippen LogP contribution in [0.1, 0.15) is 25.0 Å². The summed E-state index contributed by atoms with van der Waals surface area (Å²) < 4.78 is 0. The van der Waals surface area contributed by atoms with Crippen molar-refractivity contribution in [3.8, 4) is 66.8 Å². The van der Waals surface area contributed by atoms with Crippen LogP contribution in [-0.2, 0) is 5.41 Å². The molecule has 1 aliphatic rings. The van der Waals surface area contributed by atoms with Crippen LogP contribution < -0.4 is 4.90 Å². The zero-order valence-corrected chi connectivity index (χ0v) is 35.0. The van der Waals surface area contributed by atoms with Crippen molar-refractivity contribution < 1.29 is 0 Å². The number of anilines is 3. The van der Waals surface area contributed by atoms with Gasteiger partial charge < -0.3 is 4.90 Å². The summed E-state index contributed by atoms with van der Waals surface area (Å²) in [6.07, 6.45) is 0. The first-order valence-corrected chi connectivity index (χ1v) is 21.6. The second kappa shape index (κ2) is 15.4. The van der Waals surface area contributed by atoms with Gasteiger partial charge in [-0.15, -0.1) is 0 Å². The van der Waals surface area contributed by atoms with Gasteiger partial charge in [-0.1, -0.05) is 214 Å². The van der Waals surface area contributed by atoms with Crippen molar-refractivity contribution >= 4 is 27.8 Å². The zero-order valence-electron chi connectivity index (χ0n) is 35.0. The van der Waals surface area contributed by atoms with Crippen molar-refractivity contribution in [3.05, 3.63) is 248 Å². The average molecular weight is 792 g/mol. The van der Waals surface area contributed by atoms with E-state index in [1.165, 1.54) is 83.1 Å². The lowest BCUT2D eigenvalue weighted by Crippen LogP contribution is -2.17. The molecule has 0 amide bonds. The number of benzene rings is 10. The van der Waals surface area contributed by atoms with E-state index in [0.717, 1.165) is 22.6 Å². The molecule has 0 fully saturated rings. The molecule has 62 heavy (non-hydrogen) atoms. The van der Waals surface area contributed by atoms with Crippen LogP contribution in [0, 0.1) is 0 Å². The summed E-state index contributed by atoms with van der Waals surface area (Å²) >= 11 is 0. The Kier molecular flexibility index (Phi) is 9.24. The van der Waals surface area contributed by atoms with Gasteiger partial charge in [0.2, 0.25) is 0 Å². The maximum Gasteiger partial charge on any atom is 0.0540 e. The highest BCUT2D eigenvalue weighted by Crippen LogP contribution is 2.52. The lowest BCUT2D eigenvalue weighted by molar-refractivity contribution is 0.660. The summed E-state index contributed by atoms with van der Waals surface area (Å²) in [5.74, 6) is 0. The number of fused-ring (bicyclic) bond motifs is 4. The third-order valence-corrected chi connectivity index (χ3v) is 12.9. The fourth-order valence-electron chi connectivity index (χ4n) is 9.82. The first-order chi connectivity index (χ1) is 30.5. The summed E-state index contributed by atoms with van der Waals surface area (Å²) in [5, 5.41) is 2.49. The number of hydrogen-bond donors (Lipinski definition) is 0. The largest absolute Gasteiger partial charge is 0.310 e. The molecule has 0 spiro atoms.